The van der Waals surface area contributed by atoms with Crippen LogP contribution in [0.25, 0.3) is 0 Å². The molecule has 46 valence electrons. The average Bonchev–Trinajstić information content (AvgIpc) is 0.722. The van der Waals surface area contributed by atoms with Gasteiger partial charge in [-0.05, 0) is 0 Å². The van der Waals surface area contributed by atoms with Crippen LogP contribution in [0, 0.1) is 0 Å². The van der Waals surface area contributed by atoms with Crippen LogP contribution in [0.5, 0.6) is 0 Å². The van der Waals surface area contributed by atoms with Crippen LogP contribution in [0.3, 0.4) is 0 Å². The van der Waals surface area contributed by atoms with Crippen LogP contribution < -0.4 is 18.9 Å². The van der Waals surface area contributed by atoms with E-state index in [4.69, 9.17) is 17.5 Å². The quantitative estimate of drug-likeness (QED) is 0.314. The Labute approximate surface area is 104 Å². The maximum absolute atomic E-state index is 8.74. The van der Waals surface area contributed by atoms with Gasteiger partial charge >= 0.3 is 67.0 Å². The predicted octanol–water partition coefficient (Wildman–Crippen LogP) is -3.69. The summed E-state index contributed by atoms with van der Waals surface area (Å²) in [6.45, 7) is 0. The van der Waals surface area contributed by atoms with Crippen LogP contribution in [0.15, 0.2) is 0 Å². The van der Waals surface area contributed by atoms with E-state index in [2.05, 4.69) is 0 Å². The van der Waals surface area contributed by atoms with Gasteiger partial charge in [0.2, 0.25) is 0 Å². The first-order valence-corrected chi connectivity index (χ1v) is 2.10. The van der Waals surface area contributed by atoms with Gasteiger partial charge in [0.25, 0.3) is 0 Å². The van der Waals surface area contributed by atoms with Crippen LogP contribution in [0.4, 0.5) is 0 Å². The molecule has 0 aliphatic rings. The molecule has 2 N–H and O–H groups in total. The summed E-state index contributed by atoms with van der Waals surface area (Å²) < 4.78 is 31.6. The van der Waals surface area contributed by atoms with E-state index in [0.29, 0.717) is 0 Å². The fourth-order valence-corrected chi connectivity index (χ4v) is 0. The Morgan fingerprint density at radius 3 is 1.25 bits per heavy atom. The third-order valence-electron chi connectivity index (χ3n) is 0. The third-order valence-corrected chi connectivity index (χ3v) is 0. The fraction of sp³-hybridized carbons (Fsp3) is 0. The summed E-state index contributed by atoms with van der Waals surface area (Å²) in [6, 6.07) is 0. The van der Waals surface area contributed by atoms with Gasteiger partial charge in [-0.3, -0.25) is 9.11 Å². The van der Waals surface area contributed by atoms with E-state index in [0.717, 1.165) is 0 Å². The van der Waals surface area contributed by atoms with E-state index in [1.165, 1.54) is 0 Å². The predicted molar refractivity (Wildman–Crippen MR) is 23.3 cm³/mol. The number of hydrogen-bond donors (Lipinski definition) is 2. The van der Waals surface area contributed by atoms with E-state index in [9.17, 15) is 0 Å². The number of rotatable bonds is 0. The van der Waals surface area contributed by atoms with Crippen molar-refractivity contribution in [2.75, 3.05) is 0 Å². The summed E-state index contributed by atoms with van der Waals surface area (Å²) in [5.41, 5.74) is 0. The molecule has 0 spiro atoms. The molecule has 0 unspecified atom stereocenters. The molecule has 0 bridgehead atoms. The molecule has 0 atom stereocenters. The van der Waals surface area contributed by atoms with Crippen molar-refractivity contribution in [2.24, 2.45) is 0 Å². The van der Waals surface area contributed by atoms with Crippen molar-refractivity contribution in [3.05, 3.63) is 0 Å². The first kappa shape index (κ1) is 22.5. The Morgan fingerprint density at radius 2 is 1.25 bits per heavy atom. The Kier molecular flexibility index (Phi) is 26.0. The molecular weight excluding hydrogens is 199 g/mol. The molecule has 0 aliphatic heterocycles. The molecule has 0 aromatic heterocycles. The SMILES string of the molecule is O=S(=O)(O)O.[Ca+2].[Fe].[H-].[H-].[H-].[Li+]. The molecule has 0 saturated heterocycles. The molecule has 0 saturated carbocycles. The summed E-state index contributed by atoms with van der Waals surface area (Å²) in [5, 5.41) is 0. The molecule has 0 heterocycles. The summed E-state index contributed by atoms with van der Waals surface area (Å²) >= 11 is 0. The van der Waals surface area contributed by atoms with E-state index >= 15 is 0 Å². The topological polar surface area (TPSA) is 74.6 Å². The van der Waals surface area contributed by atoms with Gasteiger partial charge in [0.1, 0.15) is 0 Å². The smallest absolute Gasteiger partial charge is 1.00 e. The van der Waals surface area contributed by atoms with Gasteiger partial charge in [-0.15, -0.1) is 0 Å². The summed E-state index contributed by atoms with van der Waals surface area (Å²) in [5.74, 6) is 0. The molecule has 0 aromatic rings. The van der Waals surface area contributed by atoms with Crippen LogP contribution in [-0.2, 0) is 27.5 Å². The second-order valence-electron chi connectivity index (χ2n) is 0.448. The molecule has 0 radical (unpaired) electrons. The van der Waals surface area contributed by atoms with Crippen LogP contribution in [0.1, 0.15) is 4.28 Å². The van der Waals surface area contributed by atoms with Crippen LogP contribution >= 0.6 is 0 Å². The molecule has 4 nitrogen and oxygen atoms in total. The Morgan fingerprint density at radius 1 is 1.25 bits per heavy atom. The van der Waals surface area contributed by atoms with Crippen molar-refractivity contribution in [1.29, 1.82) is 0 Å². The zero-order valence-electron chi connectivity index (χ0n) is 7.18. The van der Waals surface area contributed by atoms with Crippen LogP contribution in [0.2, 0.25) is 0 Å². The minimum absolute atomic E-state index is 0. The van der Waals surface area contributed by atoms with Gasteiger partial charge in [-0.25, -0.2) is 0 Å². The third kappa shape index (κ3) is 85.8. The van der Waals surface area contributed by atoms with Crippen LogP contribution in [-0.4, -0.2) is 55.3 Å². The van der Waals surface area contributed by atoms with Gasteiger partial charge in [-0.1, -0.05) is 0 Å². The standard InChI is InChI=1S/Ca.Fe.Li.H2O4S.3H/c;;;1-5(2,3)4;;;/h;;;(H2,1,2,3,4);;;/q+2;;+1;;3*-1. The minimum atomic E-state index is -4.67. The molecule has 8 heavy (non-hydrogen) atoms. The van der Waals surface area contributed by atoms with Crippen molar-refractivity contribution < 1.29 is 57.7 Å². The Hall–Kier alpha value is 2.25. The zero-order valence-corrected chi connectivity index (χ0v) is 8.31. The molecular formula is H5CaFeLiO4S. The molecule has 0 rings (SSSR count). The minimum Gasteiger partial charge on any atom is -1.00 e. The number of hydrogen-bond acceptors (Lipinski definition) is 2. The van der Waals surface area contributed by atoms with Gasteiger partial charge in [0.05, 0.1) is 0 Å². The maximum Gasteiger partial charge on any atom is 2.00 e. The second kappa shape index (κ2) is 9.25. The monoisotopic (exact) mass is 204 g/mol. The molecule has 0 aromatic carbocycles. The van der Waals surface area contributed by atoms with Crippen molar-refractivity contribution >= 4 is 48.1 Å². The van der Waals surface area contributed by atoms with Gasteiger partial charge in [0, 0.05) is 17.1 Å². The van der Waals surface area contributed by atoms with Gasteiger partial charge in [-0.2, -0.15) is 8.42 Å². The Balaban J connectivity index is -0.00000000533. The average molecular weight is 204 g/mol. The molecule has 0 aliphatic carbocycles. The van der Waals surface area contributed by atoms with Gasteiger partial charge in [0.15, 0.2) is 0 Å². The first-order chi connectivity index (χ1) is 2.00. The van der Waals surface area contributed by atoms with Crippen molar-refractivity contribution in [1.82, 2.24) is 0 Å². The van der Waals surface area contributed by atoms with E-state index < -0.39 is 10.4 Å². The normalized spacial score (nSPS) is 7.25. The van der Waals surface area contributed by atoms with E-state index in [-0.39, 0.29) is 77.9 Å². The van der Waals surface area contributed by atoms with Gasteiger partial charge < -0.3 is 4.28 Å². The van der Waals surface area contributed by atoms with Crippen molar-refractivity contribution in [3.63, 3.8) is 0 Å². The summed E-state index contributed by atoms with van der Waals surface area (Å²) in [6.07, 6.45) is 0. The molecule has 0 amide bonds. The maximum atomic E-state index is 8.74. The van der Waals surface area contributed by atoms with E-state index in [1.807, 2.05) is 0 Å². The zero-order chi connectivity index (χ0) is 4.50. The molecule has 0 fully saturated rings. The second-order valence-corrected chi connectivity index (χ2v) is 1.34. The van der Waals surface area contributed by atoms with Crippen molar-refractivity contribution in [2.45, 2.75) is 0 Å². The largest absolute Gasteiger partial charge is 2.00 e. The first-order valence-electron chi connectivity index (χ1n) is 0.698. The summed E-state index contributed by atoms with van der Waals surface area (Å²) in [4.78, 5) is 0. The Bertz CT molecular complexity index is 109. The molecule has 8 heteroatoms. The van der Waals surface area contributed by atoms with Crippen molar-refractivity contribution in [3.8, 4) is 0 Å². The van der Waals surface area contributed by atoms with E-state index in [1.54, 1.807) is 0 Å². The summed E-state index contributed by atoms with van der Waals surface area (Å²) in [7, 11) is -4.67. The fourth-order valence-electron chi connectivity index (χ4n) is 0.